The zero-order chi connectivity index (χ0) is 16.3. The first-order valence-corrected chi connectivity index (χ1v) is 8.38. The summed E-state index contributed by atoms with van der Waals surface area (Å²) in [6.45, 7) is 9.33. The third kappa shape index (κ3) is 4.25. The van der Waals surface area contributed by atoms with E-state index in [1.807, 2.05) is 0 Å². The molecule has 0 amide bonds. The average molecular weight is 304 g/mol. The molecule has 1 aromatic rings. The minimum atomic E-state index is -0.631. The Labute approximate surface area is 133 Å². The van der Waals surface area contributed by atoms with Crippen molar-refractivity contribution in [3.8, 4) is 5.75 Å². The molecule has 0 aromatic heterocycles. The monoisotopic (exact) mass is 304 g/mol. The van der Waals surface area contributed by atoms with Crippen molar-refractivity contribution in [2.75, 3.05) is 6.61 Å². The molecule has 1 fully saturated rings. The van der Waals surface area contributed by atoms with Crippen LogP contribution in [0.1, 0.15) is 57.1 Å². The van der Waals surface area contributed by atoms with Gasteiger partial charge >= 0.3 is 5.97 Å². The predicted octanol–water partition coefficient (Wildman–Crippen LogP) is 4.63. The van der Waals surface area contributed by atoms with Crippen molar-refractivity contribution in [1.82, 2.24) is 0 Å². The normalized spacial score (nSPS) is 21.7. The van der Waals surface area contributed by atoms with Crippen molar-refractivity contribution in [1.29, 1.82) is 0 Å². The highest BCUT2D eigenvalue weighted by atomic mass is 16.5. The van der Waals surface area contributed by atoms with Crippen LogP contribution in [0.15, 0.2) is 18.2 Å². The van der Waals surface area contributed by atoms with Crippen molar-refractivity contribution in [3.63, 3.8) is 0 Å². The molecule has 3 heteroatoms. The zero-order valence-electron chi connectivity index (χ0n) is 14.1. The van der Waals surface area contributed by atoms with Crippen molar-refractivity contribution in [2.24, 2.45) is 17.8 Å². The van der Waals surface area contributed by atoms with Crippen molar-refractivity contribution >= 4 is 5.97 Å². The van der Waals surface area contributed by atoms with Crippen LogP contribution in [0.5, 0.6) is 5.75 Å². The standard InChI is InChI=1S/C19H28O3/c1-5-14(9-15-10-18(15)19(20)21)17-7-6-16(8-13(17)4)22-11-12(2)3/h6-8,12,14-15,18H,5,9-11H2,1-4H3,(H,20,21). The van der Waals surface area contributed by atoms with Gasteiger partial charge in [-0.05, 0) is 67.2 Å². The average Bonchev–Trinajstić information content (AvgIpc) is 3.22. The second kappa shape index (κ2) is 7.17. The minimum Gasteiger partial charge on any atom is -0.493 e. The van der Waals surface area contributed by atoms with Crippen LogP contribution in [0.2, 0.25) is 0 Å². The molecule has 1 aliphatic carbocycles. The van der Waals surface area contributed by atoms with E-state index in [4.69, 9.17) is 9.84 Å². The number of hydrogen-bond donors (Lipinski definition) is 1. The van der Waals surface area contributed by atoms with Crippen LogP contribution in [0, 0.1) is 24.7 Å². The SMILES string of the molecule is CCC(CC1CC1C(=O)O)c1ccc(OCC(C)C)cc1C. The van der Waals surface area contributed by atoms with Gasteiger partial charge in [-0.15, -0.1) is 0 Å². The molecule has 122 valence electrons. The Morgan fingerprint density at radius 3 is 2.64 bits per heavy atom. The van der Waals surface area contributed by atoms with E-state index in [1.54, 1.807) is 0 Å². The summed E-state index contributed by atoms with van der Waals surface area (Å²) in [7, 11) is 0. The van der Waals surface area contributed by atoms with Gasteiger partial charge in [0.25, 0.3) is 0 Å². The smallest absolute Gasteiger partial charge is 0.306 e. The lowest BCUT2D eigenvalue weighted by Gasteiger charge is -2.19. The van der Waals surface area contributed by atoms with Crippen LogP contribution >= 0.6 is 0 Å². The number of aliphatic carboxylic acids is 1. The van der Waals surface area contributed by atoms with Crippen molar-refractivity contribution in [2.45, 2.75) is 52.9 Å². The van der Waals surface area contributed by atoms with Gasteiger partial charge in [-0.25, -0.2) is 0 Å². The maximum Gasteiger partial charge on any atom is 0.306 e. The van der Waals surface area contributed by atoms with E-state index in [9.17, 15) is 4.79 Å². The number of benzene rings is 1. The Morgan fingerprint density at radius 1 is 1.41 bits per heavy atom. The Bertz CT molecular complexity index is 521. The number of ether oxygens (including phenoxy) is 1. The van der Waals surface area contributed by atoms with E-state index < -0.39 is 5.97 Å². The van der Waals surface area contributed by atoms with Crippen LogP contribution in [0.25, 0.3) is 0 Å². The number of carboxylic acid groups (broad SMARTS) is 1. The van der Waals surface area contributed by atoms with Gasteiger partial charge in [0.2, 0.25) is 0 Å². The van der Waals surface area contributed by atoms with Crippen molar-refractivity contribution < 1.29 is 14.6 Å². The fourth-order valence-corrected chi connectivity index (χ4v) is 3.15. The molecule has 3 unspecified atom stereocenters. The highest BCUT2D eigenvalue weighted by molar-refractivity contribution is 5.73. The summed E-state index contributed by atoms with van der Waals surface area (Å²) in [6, 6.07) is 6.33. The molecule has 0 radical (unpaired) electrons. The fraction of sp³-hybridized carbons (Fsp3) is 0.632. The molecule has 0 aliphatic heterocycles. The molecule has 0 heterocycles. The molecule has 2 rings (SSSR count). The highest BCUT2D eigenvalue weighted by Crippen LogP contribution is 2.46. The summed E-state index contributed by atoms with van der Waals surface area (Å²) in [5.74, 6) is 1.52. The van der Waals surface area contributed by atoms with E-state index >= 15 is 0 Å². The van der Waals surface area contributed by atoms with Gasteiger partial charge in [-0.1, -0.05) is 26.8 Å². The highest BCUT2D eigenvalue weighted by Gasteiger charge is 2.43. The molecule has 1 saturated carbocycles. The second-order valence-corrected chi connectivity index (χ2v) is 7.00. The van der Waals surface area contributed by atoms with Gasteiger partial charge in [0.05, 0.1) is 12.5 Å². The van der Waals surface area contributed by atoms with Crippen LogP contribution in [0.4, 0.5) is 0 Å². The number of rotatable bonds is 8. The van der Waals surface area contributed by atoms with Gasteiger partial charge in [-0.3, -0.25) is 4.79 Å². The number of aryl methyl sites for hydroxylation is 1. The first kappa shape index (κ1) is 16.9. The molecule has 22 heavy (non-hydrogen) atoms. The van der Waals surface area contributed by atoms with Crippen LogP contribution < -0.4 is 4.74 Å². The molecule has 3 nitrogen and oxygen atoms in total. The molecular formula is C19H28O3. The topological polar surface area (TPSA) is 46.5 Å². The molecule has 0 bridgehead atoms. The zero-order valence-corrected chi connectivity index (χ0v) is 14.1. The lowest BCUT2D eigenvalue weighted by molar-refractivity contribution is -0.138. The van der Waals surface area contributed by atoms with Crippen molar-refractivity contribution in [3.05, 3.63) is 29.3 Å². The molecular weight excluding hydrogens is 276 g/mol. The third-order valence-corrected chi connectivity index (χ3v) is 4.58. The Balaban J connectivity index is 2.01. The predicted molar refractivity (Wildman–Crippen MR) is 88.4 cm³/mol. The van der Waals surface area contributed by atoms with Gasteiger partial charge in [0, 0.05) is 0 Å². The molecule has 0 saturated heterocycles. The van der Waals surface area contributed by atoms with Gasteiger partial charge in [0.15, 0.2) is 0 Å². The summed E-state index contributed by atoms with van der Waals surface area (Å²) in [6.07, 6.45) is 2.89. The lowest BCUT2D eigenvalue weighted by atomic mass is 9.88. The van der Waals surface area contributed by atoms with E-state index in [0.717, 1.165) is 31.6 Å². The quantitative estimate of drug-likeness (QED) is 0.761. The first-order chi connectivity index (χ1) is 10.4. The summed E-state index contributed by atoms with van der Waals surface area (Å²) in [4.78, 5) is 11.0. The number of hydrogen-bond acceptors (Lipinski definition) is 2. The van der Waals surface area contributed by atoms with Gasteiger partial charge in [-0.2, -0.15) is 0 Å². The van der Waals surface area contributed by atoms with Crippen LogP contribution in [-0.4, -0.2) is 17.7 Å². The molecule has 3 atom stereocenters. The summed E-state index contributed by atoms with van der Waals surface area (Å²) >= 11 is 0. The maximum absolute atomic E-state index is 11.0. The van der Waals surface area contributed by atoms with E-state index in [1.165, 1.54) is 11.1 Å². The lowest BCUT2D eigenvalue weighted by Crippen LogP contribution is -2.07. The van der Waals surface area contributed by atoms with Gasteiger partial charge < -0.3 is 9.84 Å². The molecule has 1 aliphatic rings. The largest absolute Gasteiger partial charge is 0.493 e. The Hall–Kier alpha value is -1.51. The Morgan fingerprint density at radius 2 is 2.14 bits per heavy atom. The Kier molecular flexibility index (Phi) is 5.49. The van der Waals surface area contributed by atoms with Crippen LogP contribution in [-0.2, 0) is 4.79 Å². The number of carbonyl (C=O) groups is 1. The van der Waals surface area contributed by atoms with E-state index in [-0.39, 0.29) is 5.92 Å². The fourth-order valence-electron chi connectivity index (χ4n) is 3.15. The van der Waals surface area contributed by atoms with E-state index in [2.05, 4.69) is 45.9 Å². The third-order valence-electron chi connectivity index (χ3n) is 4.58. The van der Waals surface area contributed by atoms with Crippen LogP contribution in [0.3, 0.4) is 0 Å². The maximum atomic E-state index is 11.0. The second-order valence-electron chi connectivity index (χ2n) is 7.00. The van der Waals surface area contributed by atoms with Gasteiger partial charge in [0.1, 0.15) is 5.75 Å². The first-order valence-electron chi connectivity index (χ1n) is 8.38. The summed E-state index contributed by atoms with van der Waals surface area (Å²) in [5, 5.41) is 9.06. The molecule has 1 N–H and O–H groups in total. The minimum absolute atomic E-state index is 0.108. The summed E-state index contributed by atoms with van der Waals surface area (Å²) in [5.41, 5.74) is 2.59. The summed E-state index contributed by atoms with van der Waals surface area (Å²) < 4.78 is 5.78. The number of carboxylic acids is 1. The molecule has 1 aromatic carbocycles. The van der Waals surface area contributed by atoms with E-state index in [0.29, 0.717) is 17.8 Å². The molecule has 0 spiro atoms.